The number of thioether (sulfide) groups is 2. The first kappa shape index (κ1) is 12.9. The van der Waals surface area contributed by atoms with Crippen molar-refractivity contribution in [3.63, 3.8) is 0 Å². The summed E-state index contributed by atoms with van der Waals surface area (Å²) in [5.74, 6) is 2.24. The van der Waals surface area contributed by atoms with Crippen LogP contribution in [0.15, 0.2) is 9.95 Å². The van der Waals surface area contributed by atoms with Crippen molar-refractivity contribution >= 4 is 35.2 Å². The van der Waals surface area contributed by atoms with Crippen LogP contribution < -0.4 is 15.2 Å². The molecule has 19 heavy (non-hydrogen) atoms. The molecular weight excluding hydrogens is 286 g/mol. The zero-order valence-corrected chi connectivity index (χ0v) is 12.1. The zero-order valence-electron chi connectivity index (χ0n) is 10.4. The maximum absolute atomic E-state index is 12.5. The molecule has 102 valence electrons. The number of hydrogen-bond donors (Lipinski definition) is 0. The maximum atomic E-state index is 12.5. The Hall–Kier alpha value is -1.15. The van der Waals surface area contributed by atoms with Crippen molar-refractivity contribution in [2.24, 2.45) is 0 Å². The highest BCUT2D eigenvalue weighted by molar-refractivity contribution is 7.99. The van der Waals surface area contributed by atoms with Crippen LogP contribution in [0.2, 0.25) is 0 Å². The van der Waals surface area contributed by atoms with E-state index in [-0.39, 0.29) is 11.4 Å². The first-order valence-electron chi connectivity index (χ1n) is 5.95. The number of rotatable bonds is 2. The summed E-state index contributed by atoms with van der Waals surface area (Å²) >= 11 is 3.26. The van der Waals surface area contributed by atoms with Crippen LogP contribution in [-0.4, -0.2) is 39.4 Å². The minimum Gasteiger partial charge on any atom is -0.405 e. The summed E-state index contributed by atoms with van der Waals surface area (Å²) in [5.41, 5.74) is 0.320. The Morgan fingerprint density at radius 1 is 1.37 bits per heavy atom. The van der Waals surface area contributed by atoms with Crippen molar-refractivity contribution in [2.45, 2.75) is 18.6 Å². The van der Waals surface area contributed by atoms with Crippen molar-refractivity contribution in [3.8, 4) is 5.88 Å². The van der Waals surface area contributed by atoms with Crippen LogP contribution in [0.5, 0.6) is 5.88 Å². The van der Waals surface area contributed by atoms with Gasteiger partial charge in [0.2, 0.25) is 0 Å². The van der Waals surface area contributed by atoms with Crippen LogP contribution in [0, 0.1) is 0 Å². The normalized spacial score (nSPS) is 17.6. The zero-order chi connectivity index (χ0) is 13.4. The van der Waals surface area contributed by atoms with Crippen LogP contribution in [0.1, 0.15) is 6.92 Å². The largest absolute Gasteiger partial charge is 0.405 e. The summed E-state index contributed by atoms with van der Waals surface area (Å²) in [6.07, 6.45) is 0. The van der Waals surface area contributed by atoms with E-state index in [2.05, 4.69) is 4.98 Å². The van der Waals surface area contributed by atoms with Crippen molar-refractivity contribution in [1.82, 2.24) is 9.55 Å². The molecule has 0 spiro atoms. The van der Waals surface area contributed by atoms with Crippen LogP contribution in [-0.2, 0) is 11.3 Å². The van der Waals surface area contributed by atoms with Crippen molar-refractivity contribution in [3.05, 3.63) is 10.4 Å². The first-order chi connectivity index (χ1) is 9.16. The van der Waals surface area contributed by atoms with Gasteiger partial charge in [0, 0.05) is 31.5 Å². The van der Waals surface area contributed by atoms with E-state index < -0.39 is 5.97 Å². The van der Waals surface area contributed by atoms with E-state index in [0.29, 0.717) is 17.4 Å². The van der Waals surface area contributed by atoms with Crippen LogP contribution in [0.4, 0.5) is 5.69 Å². The molecule has 8 heteroatoms. The number of hydrogen-bond acceptors (Lipinski definition) is 7. The Morgan fingerprint density at radius 2 is 2.21 bits per heavy atom. The molecule has 1 aromatic rings. The molecule has 0 amide bonds. The number of nitrogens with zero attached hydrogens (tertiary/aromatic N) is 3. The van der Waals surface area contributed by atoms with Gasteiger partial charge < -0.3 is 9.64 Å². The number of fused-ring (bicyclic) bond motifs is 1. The number of esters is 1. The van der Waals surface area contributed by atoms with E-state index in [0.717, 1.165) is 23.9 Å². The lowest BCUT2D eigenvalue weighted by Gasteiger charge is -2.19. The molecule has 0 bridgehead atoms. The number of anilines is 1. The summed E-state index contributed by atoms with van der Waals surface area (Å²) in [7, 11) is 0. The number of carbonyl (C=O) groups excluding carboxylic acids is 1. The molecule has 0 aliphatic carbocycles. The van der Waals surface area contributed by atoms with E-state index in [1.165, 1.54) is 18.7 Å². The number of carbonyl (C=O) groups is 1. The minimum atomic E-state index is -0.451. The Morgan fingerprint density at radius 3 is 2.89 bits per heavy atom. The summed E-state index contributed by atoms with van der Waals surface area (Å²) in [4.78, 5) is 30.0. The van der Waals surface area contributed by atoms with E-state index in [9.17, 15) is 9.59 Å². The van der Waals surface area contributed by atoms with Crippen molar-refractivity contribution in [2.75, 3.05) is 28.8 Å². The highest BCUT2D eigenvalue weighted by Gasteiger charge is 2.27. The molecular formula is C11H13N3O3S2. The Balaban J connectivity index is 2.12. The molecule has 0 atom stereocenters. The van der Waals surface area contributed by atoms with Crippen LogP contribution in [0.25, 0.3) is 0 Å². The van der Waals surface area contributed by atoms with Gasteiger partial charge in [0.05, 0.1) is 5.88 Å². The molecule has 3 heterocycles. The predicted octanol–water partition coefficient (Wildman–Crippen LogP) is 0.785. The Labute approximate surface area is 118 Å². The number of aromatic nitrogens is 2. The van der Waals surface area contributed by atoms with Gasteiger partial charge in [-0.25, -0.2) is 0 Å². The topological polar surface area (TPSA) is 64.4 Å². The molecule has 0 aromatic carbocycles. The average Bonchev–Trinajstić information content (AvgIpc) is 2.98. The SMILES string of the molecule is CC(=O)Oc1nc2n(c(=O)c1N1CCSC1)CCS2. The van der Waals surface area contributed by atoms with E-state index in [1.54, 1.807) is 16.3 Å². The second-order valence-electron chi connectivity index (χ2n) is 4.25. The van der Waals surface area contributed by atoms with Crippen LogP contribution >= 0.6 is 23.5 Å². The summed E-state index contributed by atoms with van der Waals surface area (Å²) in [5, 5.41) is 0.636. The summed E-state index contributed by atoms with van der Waals surface area (Å²) < 4.78 is 6.80. The number of ether oxygens (including phenoxy) is 1. The second kappa shape index (κ2) is 5.09. The third-order valence-electron chi connectivity index (χ3n) is 2.93. The molecule has 0 saturated carbocycles. The van der Waals surface area contributed by atoms with Gasteiger partial charge in [-0.3, -0.25) is 14.2 Å². The molecule has 3 rings (SSSR count). The molecule has 6 nitrogen and oxygen atoms in total. The molecule has 1 saturated heterocycles. The Bertz CT molecular complexity index is 581. The molecule has 0 N–H and O–H groups in total. The van der Waals surface area contributed by atoms with E-state index >= 15 is 0 Å². The highest BCUT2D eigenvalue weighted by Crippen LogP contribution is 2.31. The van der Waals surface area contributed by atoms with Gasteiger partial charge in [0.15, 0.2) is 10.8 Å². The molecule has 2 aliphatic heterocycles. The van der Waals surface area contributed by atoms with Gasteiger partial charge >= 0.3 is 5.97 Å². The standard InChI is InChI=1S/C11H13N3O3S2/c1-7(15)17-9-8(13-2-4-18-6-13)10(16)14-3-5-19-11(14)12-9/h2-6H2,1H3. The third kappa shape index (κ3) is 2.34. The van der Waals surface area contributed by atoms with Gasteiger partial charge in [-0.1, -0.05) is 11.8 Å². The van der Waals surface area contributed by atoms with Crippen LogP contribution in [0.3, 0.4) is 0 Å². The van der Waals surface area contributed by atoms with Crippen molar-refractivity contribution in [1.29, 1.82) is 0 Å². The minimum absolute atomic E-state index is 0.103. The molecule has 2 aliphatic rings. The fraction of sp³-hybridized carbons (Fsp3) is 0.545. The van der Waals surface area contributed by atoms with E-state index in [1.807, 2.05) is 4.90 Å². The fourth-order valence-electron chi connectivity index (χ4n) is 2.11. The molecule has 0 unspecified atom stereocenters. The van der Waals surface area contributed by atoms with Crippen molar-refractivity contribution < 1.29 is 9.53 Å². The maximum Gasteiger partial charge on any atom is 0.309 e. The van der Waals surface area contributed by atoms with Gasteiger partial charge in [0.1, 0.15) is 0 Å². The lowest BCUT2D eigenvalue weighted by molar-refractivity contribution is -0.132. The monoisotopic (exact) mass is 299 g/mol. The quantitative estimate of drug-likeness (QED) is 0.591. The average molecular weight is 299 g/mol. The smallest absolute Gasteiger partial charge is 0.309 e. The second-order valence-corrected chi connectivity index (χ2v) is 6.38. The highest BCUT2D eigenvalue weighted by atomic mass is 32.2. The molecule has 1 aromatic heterocycles. The Kier molecular flexibility index (Phi) is 3.44. The lowest BCUT2D eigenvalue weighted by Crippen LogP contribution is -2.32. The lowest BCUT2D eigenvalue weighted by atomic mass is 10.4. The predicted molar refractivity (Wildman–Crippen MR) is 75.2 cm³/mol. The van der Waals surface area contributed by atoms with Gasteiger partial charge in [-0.05, 0) is 0 Å². The molecule has 1 fully saturated rings. The summed E-state index contributed by atoms with van der Waals surface area (Å²) in [6.45, 7) is 2.77. The van der Waals surface area contributed by atoms with E-state index in [4.69, 9.17) is 4.74 Å². The first-order valence-corrected chi connectivity index (χ1v) is 8.09. The molecule has 0 radical (unpaired) electrons. The third-order valence-corrected chi connectivity index (χ3v) is 4.86. The fourth-order valence-corrected chi connectivity index (χ4v) is 4.00. The summed E-state index contributed by atoms with van der Waals surface area (Å²) in [6, 6.07) is 0. The van der Waals surface area contributed by atoms with Gasteiger partial charge in [0.25, 0.3) is 11.4 Å². The van der Waals surface area contributed by atoms with Gasteiger partial charge in [-0.15, -0.1) is 11.8 Å². The van der Waals surface area contributed by atoms with Gasteiger partial charge in [-0.2, -0.15) is 4.98 Å².